The lowest BCUT2D eigenvalue weighted by Gasteiger charge is -2.36. The van der Waals surface area contributed by atoms with E-state index in [-0.39, 0.29) is 25.1 Å². The standard InChI is InChI=1S/C26H35BF2N4O5/c1-25(2,32-12-9-21(29)16-32)14-19(15-30)23(34)33-11-4-10-26(33,3)17-38-24(35)31-22(27(36)37)13-18-5-7-20(28)8-6-18/h5-8,14,21-22,36-37H,4,9-13,16-17H2,1-3H3,(H,31,35)/b19-14+/t21-,22+,26-/m1/s1. The summed E-state index contributed by atoms with van der Waals surface area (Å²) in [4.78, 5) is 29.3. The summed E-state index contributed by atoms with van der Waals surface area (Å²) in [5.74, 6) is -2.03. The normalized spacial score (nSPS) is 23.2. The van der Waals surface area contributed by atoms with Gasteiger partial charge in [-0.15, -0.1) is 0 Å². The van der Waals surface area contributed by atoms with E-state index in [4.69, 9.17) is 4.74 Å². The van der Waals surface area contributed by atoms with Crippen LogP contribution in [-0.2, 0) is 16.0 Å². The largest absolute Gasteiger partial charge is 0.475 e. The summed E-state index contributed by atoms with van der Waals surface area (Å²) in [7, 11) is -1.89. The van der Waals surface area contributed by atoms with E-state index < -0.39 is 48.1 Å². The number of carbonyl (C=O) groups excluding carboxylic acids is 2. The second kappa shape index (κ2) is 12.2. The Kier molecular flexibility index (Phi) is 9.52. The number of hydrogen-bond donors (Lipinski definition) is 3. The van der Waals surface area contributed by atoms with Crippen molar-refractivity contribution < 1.29 is 33.2 Å². The third-order valence-corrected chi connectivity index (χ3v) is 7.33. The molecule has 206 valence electrons. The predicted molar refractivity (Wildman–Crippen MR) is 137 cm³/mol. The summed E-state index contributed by atoms with van der Waals surface area (Å²) in [5.41, 5.74) is -1.05. The molecule has 3 N–H and O–H groups in total. The fourth-order valence-electron chi connectivity index (χ4n) is 5.01. The highest BCUT2D eigenvalue weighted by Crippen LogP contribution is 2.32. The van der Waals surface area contributed by atoms with Crippen LogP contribution in [0, 0.1) is 17.1 Å². The summed E-state index contributed by atoms with van der Waals surface area (Å²) in [6.07, 6.45) is 1.35. The van der Waals surface area contributed by atoms with Gasteiger partial charge in [-0.2, -0.15) is 5.26 Å². The third kappa shape index (κ3) is 7.31. The minimum absolute atomic E-state index is 0.0290. The minimum Gasteiger partial charge on any atom is -0.447 e. The third-order valence-electron chi connectivity index (χ3n) is 7.33. The smallest absolute Gasteiger partial charge is 0.447 e. The van der Waals surface area contributed by atoms with E-state index in [1.54, 1.807) is 13.0 Å². The maximum absolute atomic E-state index is 13.7. The van der Waals surface area contributed by atoms with Gasteiger partial charge in [0.05, 0.1) is 11.5 Å². The number of ether oxygens (including phenoxy) is 1. The average molecular weight is 532 g/mol. The monoisotopic (exact) mass is 532 g/mol. The van der Waals surface area contributed by atoms with Gasteiger partial charge in [-0.1, -0.05) is 12.1 Å². The number of halogens is 2. The summed E-state index contributed by atoms with van der Waals surface area (Å²) >= 11 is 0. The van der Waals surface area contributed by atoms with Gasteiger partial charge in [-0.25, -0.2) is 13.6 Å². The first-order valence-electron chi connectivity index (χ1n) is 12.7. The van der Waals surface area contributed by atoms with E-state index in [2.05, 4.69) is 5.32 Å². The zero-order valence-electron chi connectivity index (χ0n) is 22.0. The van der Waals surface area contributed by atoms with E-state index in [1.807, 2.05) is 24.8 Å². The van der Waals surface area contributed by atoms with Crippen molar-refractivity contribution >= 4 is 19.1 Å². The van der Waals surface area contributed by atoms with E-state index in [9.17, 15) is 33.7 Å². The van der Waals surface area contributed by atoms with E-state index >= 15 is 0 Å². The molecular weight excluding hydrogens is 497 g/mol. The van der Waals surface area contributed by atoms with Crippen LogP contribution in [0.15, 0.2) is 35.9 Å². The van der Waals surface area contributed by atoms with Crippen LogP contribution in [0.2, 0.25) is 0 Å². The van der Waals surface area contributed by atoms with Gasteiger partial charge >= 0.3 is 13.2 Å². The molecule has 38 heavy (non-hydrogen) atoms. The van der Waals surface area contributed by atoms with Gasteiger partial charge in [0.25, 0.3) is 5.91 Å². The van der Waals surface area contributed by atoms with Crippen LogP contribution < -0.4 is 5.32 Å². The number of benzene rings is 1. The first kappa shape index (κ1) is 29.5. The molecule has 0 bridgehead atoms. The lowest BCUT2D eigenvalue weighted by atomic mass is 9.76. The van der Waals surface area contributed by atoms with Crippen molar-refractivity contribution in [2.75, 3.05) is 26.2 Å². The first-order chi connectivity index (χ1) is 17.8. The van der Waals surface area contributed by atoms with Crippen molar-refractivity contribution in [2.24, 2.45) is 0 Å². The quantitative estimate of drug-likeness (QED) is 0.253. The van der Waals surface area contributed by atoms with Gasteiger partial charge in [0.15, 0.2) is 0 Å². The maximum atomic E-state index is 13.7. The number of rotatable bonds is 9. The van der Waals surface area contributed by atoms with Gasteiger partial charge in [0.2, 0.25) is 0 Å². The second-order valence-corrected chi connectivity index (χ2v) is 10.8. The second-order valence-electron chi connectivity index (χ2n) is 10.8. The van der Waals surface area contributed by atoms with Crippen LogP contribution in [0.3, 0.4) is 0 Å². The summed E-state index contributed by atoms with van der Waals surface area (Å²) in [6.45, 7) is 6.41. The van der Waals surface area contributed by atoms with Crippen LogP contribution in [-0.4, -0.2) is 88.4 Å². The molecule has 1 aromatic carbocycles. The highest BCUT2D eigenvalue weighted by Gasteiger charge is 2.43. The molecule has 2 aliphatic rings. The Morgan fingerprint density at radius 3 is 2.61 bits per heavy atom. The molecule has 12 heteroatoms. The molecule has 0 spiro atoms. The van der Waals surface area contributed by atoms with Crippen LogP contribution >= 0.6 is 0 Å². The molecule has 0 saturated carbocycles. The molecule has 3 atom stereocenters. The van der Waals surface area contributed by atoms with Crippen molar-refractivity contribution in [3.63, 3.8) is 0 Å². The number of alkyl halides is 1. The Morgan fingerprint density at radius 1 is 1.34 bits per heavy atom. The van der Waals surface area contributed by atoms with Crippen molar-refractivity contribution in [1.82, 2.24) is 15.1 Å². The van der Waals surface area contributed by atoms with Crippen LogP contribution in [0.25, 0.3) is 0 Å². The molecule has 3 rings (SSSR count). The number of nitrogens with zero attached hydrogens (tertiary/aromatic N) is 3. The fraction of sp³-hybridized carbons (Fsp3) is 0.577. The number of carbonyl (C=O) groups is 2. The van der Waals surface area contributed by atoms with Crippen LogP contribution in [0.5, 0.6) is 0 Å². The predicted octanol–water partition coefficient (Wildman–Crippen LogP) is 2.13. The van der Waals surface area contributed by atoms with Gasteiger partial charge < -0.3 is 25.0 Å². The average Bonchev–Trinajstić information content (AvgIpc) is 3.48. The van der Waals surface area contributed by atoms with Crippen molar-refractivity contribution in [1.29, 1.82) is 5.26 Å². The lowest BCUT2D eigenvalue weighted by molar-refractivity contribution is -0.131. The highest BCUT2D eigenvalue weighted by atomic mass is 19.1. The van der Waals surface area contributed by atoms with Crippen LogP contribution in [0.4, 0.5) is 13.6 Å². The zero-order valence-corrected chi connectivity index (χ0v) is 22.0. The Bertz CT molecular complexity index is 1080. The van der Waals surface area contributed by atoms with Gasteiger partial charge in [0.1, 0.15) is 30.2 Å². The minimum atomic E-state index is -1.89. The molecule has 2 amide bonds. The Hall–Kier alpha value is -3.01. The summed E-state index contributed by atoms with van der Waals surface area (Å²) < 4.78 is 32.3. The van der Waals surface area contributed by atoms with Crippen molar-refractivity contribution in [3.8, 4) is 6.07 Å². The van der Waals surface area contributed by atoms with E-state index in [0.717, 1.165) is 0 Å². The van der Waals surface area contributed by atoms with Crippen LogP contribution in [0.1, 0.15) is 45.6 Å². The Morgan fingerprint density at radius 2 is 2.03 bits per heavy atom. The molecule has 2 heterocycles. The molecular formula is C26H35BF2N4O5. The molecule has 2 aliphatic heterocycles. The van der Waals surface area contributed by atoms with Gasteiger partial charge in [-0.05, 0) is 70.2 Å². The molecule has 2 fully saturated rings. The molecule has 9 nitrogen and oxygen atoms in total. The molecule has 0 aromatic heterocycles. The fourth-order valence-corrected chi connectivity index (χ4v) is 5.01. The number of nitrogens with one attached hydrogen (secondary N) is 1. The highest BCUT2D eigenvalue weighted by molar-refractivity contribution is 6.43. The topological polar surface area (TPSA) is 126 Å². The molecule has 2 saturated heterocycles. The van der Waals surface area contributed by atoms with Crippen molar-refractivity contribution in [2.45, 2.75) is 69.6 Å². The number of hydrogen-bond acceptors (Lipinski definition) is 7. The number of amides is 2. The number of likely N-dealkylation sites (tertiary alicyclic amines) is 2. The SMILES string of the molecule is CC(C)(/C=C(\C#N)C(=O)N1CCC[C@]1(C)COC(=O)N[C@@H](Cc1ccc(F)cc1)B(O)O)N1CC[C@@H](F)C1. The molecule has 0 aliphatic carbocycles. The Balaban J connectivity index is 1.64. The lowest BCUT2D eigenvalue weighted by Crippen LogP contribution is -2.52. The molecule has 0 radical (unpaired) electrons. The molecule has 1 aromatic rings. The Labute approximate surface area is 222 Å². The number of nitriles is 1. The van der Waals surface area contributed by atoms with Gasteiger partial charge in [-0.3, -0.25) is 9.69 Å². The van der Waals surface area contributed by atoms with E-state index in [0.29, 0.717) is 37.9 Å². The maximum Gasteiger partial charge on any atom is 0.475 e. The first-order valence-corrected chi connectivity index (χ1v) is 12.7. The van der Waals surface area contributed by atoms with Crippen molar-refractivity contribution in [3.05, 3.63) is 47.3 Å². The molecule has 0 unspecified atom stereocenters. The van der Waals surface area contributed by atoms with E-state index in [1.165, 1.54) is 29.2 Å². The summed E-state index contributed by atoms with van der Waals surface area (Å²) in [5, 5.41) is 31.6. The zero-order chi connectivity index (χ0) is 28.1. The van der Waals surface area contributed by atoms with Gasteiger partial charge in [0, 0.05) is 25.2 Å². The summed E-state index contributed by atoms with van der Waals surface area (Å²) in [6, 6.07) is 7.40. The number of alkyl carbamates (subject to hydrolysis) is 1.